The maximum Gasteiger partial charge on any atom is 0.223 e. The second-order valence-corrected chi connectivity index (χ2v) is 7.87. The van der Waals surface area contributed by atoms with Gasteiger partial charge in [0.15, 0.2) is 0 Å². The van der Waals surface area contributed by atoms with Crippen LogP contribution in [-0.2, 0) is 17.6 Å². The first-order valence-corrected chi connectivity index (χ1v) is 8.46. The molecule has 4 nitrogen and oxygen atoms in total. The molecule has 0 bridgehead atoms. The van der Waals surface area contributed by atoms with Gasteiger partial charge in [0.1, 0.15) is 5.01 Å². The molecule has 2 heterocycles. The second-order valence-electron chi connectivity index (χ2n) is 6.78. The van der Waals surface area contributed by atoms with Crippen LogP contribution in [0.5, 0.6) is 0 Å². The molecule has 1 aliphatic carbocycles. The van der Waals surface area contributed by atoms with Crippen molar-refractivity contribution in [1.29, 1.82) is 0 Å². The summed E-state index contributed by atoms with van der Waals surface area (Å²) in [5, 5.41) is 4.05. The number of pyridine rings is 1. The van der Waals surface area contributed by atoms with Gasteiger partial charge in [-0.1, -0.05) is 6.07 Å². The summed E-state index contributed by atoms with van der Waals surface area (Å²) in [4.78, 5) is 22.7. The van der Waals surface area contributed by atoms with Gasteiger partial charge in [-0.2, -0.15) is 0 Å². The Hall–Kier alpha value is -1.75. The molecule has 0 aliphatic heterocycles. The normalized spacial score (nSPS) is 17.9. The van der Waals surface area contributed by atoms with E-state index in [0.29, 0.717) is 0 Å². The van der Waals surface area contributed by atoms with Crippen molar-refractivity contribution in [3.8, 4) is 10.7 Å². The van der Waals surface area contributed by atoms with Crippen molar-refractivity contribution in [2.45, 2.75) is 45.6 Å². The van der Waals surface area contributed by atoms with Gasteiger partial charge in [-0.15, -0.1) is 11.3 Å². The van der Waals surface area contributed by atoms with Gasteiger partial charge >= 0.3 is 0 Å². The van der Waals surface area contributed by atoms with Gasteiger partial charge in [0, 0.05) is 22.5 Å². The monoisotopic (exact) mass is 315 g/mol. The molecule has 116 valence electrons. The number of thiazole rings is 1. The molecule has 0 radical (unpaired) electrons. The summed E-state index contributed by atoms with van der Waals surface area (Å²) >= 11 is 1.67. The molecule has 0 spiro atoms. The van der Waals surface area contributed by atoms with Crippen LogP contribution < -0.4 is 5.32 Å². The van der Waals surface area contributed by atoms with Crippen molar-refractivity contribution >= 4 is 17.2 Å². The number of fused-ring (bicyclic) bond motifs is 1. The lowest BCUT2D eigenvalue weighted by Gasteiger charge is -2.26. The van der Waals surface area contributed by atoms with Gasteiger partial charge < -0.3 is 5.32 Å². The highest BCUT2D eigenvalue weighted by atomic mass is 32.1. The van der Waals surface area contributed by atoms with E-state index in [-0.39, 0.29) is 17.4 Å². The zero-order valence-corrected chi connectivity index (χ0v) is 14.0. The van der Waals surface area contributed by atoms with E-state index < -0.39 is 0 Å². The molecule has 0 saturated carbocycles. The molecule has 1 atom stereocenters. The Balaban J connectivity index is 1.77. The van der Waals surface area contributed by atoms with E-state index in [1.165, 1.54) is 4.88 Å². The fourth-order valence-electron chi connectivity index (χ4n) is 2.67. The Morgan fingerprint density at radius 3 is 2.86 bits per heavy atom. The summed E-state index contributed by atoms with van der Waals surface area (Å²) < 4.78 is 0. The zero-order valence-electron chi connectivity index (χ0n) is 13.2. The first-order valence-electron chi connectivity index (χ1n) is 7.64. The van der Waals surface area contributed by atoms with Crippen LogP contribution in [0.3, 0.4) is 0 Å². The van der Waals surface area contributed by atoms with Crippen LogP contribution in [0.25, 0.3) is 10.7 Å². The third-order valence-corrected chi connectivity index (χ3v) is 4.84. The minimum atomic E-state index is -0.176. The summed E-state index contributed by atoms with van der Waals surface area (Å²) in [6.45, 7) is 6.06. The van der Waals surface area contributed by atoms with Crippen LogP contribution >= 0.6 is 11.3 Å². The average Bonchev–Trinajstić information content (AvgIpc) is 2.89. The first-order chi connectivity index (χ1) is 10.4. The Labute approximate surface area is 135 Å². The highest BCUT2D eigenvalue weighted by Gasteiger charge is 2.29. The van der Waals surface area contributed by atoms with Crippen LogP contribution in [-0.4, -0.2) is 21.4 Å². The van der Waals surface area contributed by atoms with Gasteiger partial charge in [-0.3, -0.25) is 9.78 Å². The van der Waals surface area contributed by atoms with Crippen LogP contribution in [0.15, 0.2) is 24.4 Å². The van der Waals surface area contributed by atoms with Crippen LogP contribution in [0.2, 0.25) is 0 Å². The van der Waals surface area contributed by atoms with E-state index in [0.717, 1.165) is 35.7 Å². The second kappa shape index (κ2) is 5.80. The van der Waals surface area contributed by atoms with Crippen LogP contribution in [0, 0.1) is 5.92 Å². The number of aromatic nitrogens is 2. The number of amides is 1. The third-order valence-electron chi connectivity index (χ3n) is 3.69. The molecule has 1 aliphatic rings. The minimum absolute atomic E-state index is 0.0590. The van der Waals surface area contributed by atoms with E-state index in [1.54, 1.807) is 17.5 Å². The van der Waals surface area contributed by atoms with E-state index in [1.807, 2.05) is 39.0 Å². The minimum Gasteiger partial charge on any atom is -0.351 e. The topological polar surface area (TPSA) is 54.9 Å². The smallest absolute Gasteiger partial charge is 0.223 e. The maximum absolute atomic E-state index is 12.4. The number of aryl methyl sites for hydroxylation is 1. The zero-order chi connectivity index (χ0) is 15.7. The first kappa shape index (κ1) is 15.2. The van der Waals surface area contributed by atoms with Crippen molar-refractivity contribution < 1.29 is 4.79 Å². The average molecular weight is 315 g/mol. The van der Waals surface area contributed by atoms with Crippen molar-refractivity contribution in [3.63, 3.8) is 0 Å². The molecule has 5 heteroatoms. The van der Waals surface area contributed by atoms with Gasteiger partial charge in [0.25, 0.3) is 0 Å². The fourth-order valence-corrected chi connectivity index (χ4v) is 3.83. The van der Waals surface area contributed by atoms with E-state index in [2.05, 4.69) is 10.3 Å². The Morgan fingerprint density at radius 2 is 2.18 bits per heavy atom. The van der Waals surface area contributed by atoms with Gasteiger partial charge in [-0.05, 0) is 52.2 Å². The fraction of sp³-hybridized carbons (Fsp3) is 0.471. The molecule has 1 N–H and O–H groups in total. The summed E-state index contributed by atoms with van der Waals surface area (Å²) in [7, 11) is 0. The number of nitrogens with zero attached hydrogens (tertiary/aromatic N) is 2. The third kappa shape index (κ3) is 3.35. The number of hydrogen-bond donors (Lipinski definition) is 1. The van der Waals surface area contributed by atoms with E-state index in [4.69, 9.17) is 4.98 Å². The number of carbonyl (C=O) groups is 1. The summed E-state index contributed by atoms with van der Waals surface area (Å²) in [5.41, 5.74) is 1.88. The van der Waals surface area contributed by atoms with Crippen molar-refractivity contribution in [2.24, 2.45) is 5.92 Å². The van der Waals surface area contributed by atoms with Gasteiger partial charge in [0.2, 0.25) is 5.91 Å². The standard InChI is InChI=1S/C17H21N3OS/c1-17(2,3)20-15(21)11-7-8-12-14(10-11)22-16(19-12)13-6-4-5-9-18-13/h4-6,9,11H,7-8,10H2,1-3H3,(H,20,21). The van der Waals surface area contributed by atoms with E-state index >= 15 is 0 Å². The maximum atomic E-state index is 12.4. The largest absolute Gasteiger partial charge is 0.351 e. The van der Waals surface area contributed by atoms with Gasteiger partial charge in [-0.25, -0.2) is 4.98 Å². The molecule has 2 aromatic heterocycles. The highest BCUT2D eigenvalue weighted by Crippen LogP contribution is 2.34. The molecule has 0 fully saturated rings. The molecule has 0 aromatic carbocycles. The lowest BCUT2D eigenvalue weighted by molar-refractivity contribution is -0.126. The van der Waals surface area contributed by atoms with Crippen molar-refractivity contribution in [3.05, 3.63) is 35.0 Å². The number of rotatable bonds is 2. The highest BCUT2D eigenvalue weighted by molar-refractivity contribution is 7.15. The van der Waals surface area contributed by atoms with Crippen LogP contribution in [0.4, 0.5) is 0 Å². The quantitative estimate of drug-likeness (QED) is 0.925. The Morgan fingerprint density at radius 1 is 1.36 bits per heavy atom. The number of carbonyl (C=O) groups excluding carboxylic acids is 1. The molecule has 1 amide bonds. The Bertz CT molecular complexity index is 673. The summed E-state index contributed by atoms with van der Waals surface area (Å²) in [6, 6.07) is 5.86. The summed E-state index contributed by atoms with van der Waals surface area (Å²) in [5.74, 6) is 0.217. The predicted molar refractivity (Wildman–Crippen MR) is 88.8 cm³/mol. The lowest BCUT2D eigenvalue weighted by Crippen LogP contribution is -2.45. The lowest BCUT2D eigenvalue weighted by atomic mass is 9.89. The molecule has 0 saturated heterocycles. The van der Waals surface area contributed by atoms with Gasteiger partial charge in [0.05, 0.1) is 11.4 Å². The summed E-state index contributed by atoms with van der Waals surface area (Å²) in [6.07, 6.45) is 4.33. The SMILES string of the molecule is CC(C)(C)NC(=O)C1CCc2nc(-c3ccccn3)sc2C1. The van der Waals surface area contributed by atoms with Crippen molar-refractivity contribution in [1.82, 2.24) is 15.3 Å². The van der Waals surface area contributed by atoms with E-state index in [9.17, 15) is 4.79 Å². The van der Waals surface area contributed by atoms with Crippen LogP contribution in [0.1, 0.15) is 37.8 Å². The molecule has 1 unspecified atom stereocenters. The predicted octanol–water partition coefficient (Wildman–Crippen LogP) is 3.22. The molecular formula is C17H21N3OS. The molecular weight excluding hydrogens is 294 g/mol. The molecule has 2 aromatic rings. The number of hydrogen-bond acceptors (Lipinski definition) is 4. The number of nitrogens with one attached hydrogen (secondary N) is 1. The molecule has 22 heavy (non-hydrogen) atoms. The van der Waals surface area contributed by atoms with Crippen molar-refractivity contribution in [2.75, 3.05) is 0 Å². The Kier molecular flexibility index (Phi) is 4.00. The molecule has 3 rings (SSSR count).